The van der Waals surface area contributed by atoms with Crippen molar-refractivity contribution in [3.05, 3.63) is 18.0 Å². The minimum atomic E-state index is 0.367. The summed E-state index contributed by atoms with van der Waals surface area (Å²) < 4.78 is 1.84. The molecule has 1 aromatic heterocycles. The molecule has 0 aliphatic carbocycles. The Labute approximate surface area is 84.7 Å². The van der Waals surface area contributed by atoms with Crippen LogP contribution >= 0.6 is 0 Å². The van der Waals surface area contributed by atoms with Gasteiger partial charge in [0.05, 0.1) is 12.2 Å². The van der Waals surface area contributed by atoms with Crippen molar-refractivity contribution in [2.45, 2.75) is 18.9 Å². The van der Waals surface area contributed by atoms with E-state index in [9.17, 15) is 0 Å². The molecule has 1 unspecified atom stereocenters. The Hall–Kier alpha value is -0.870. The lowest BCUT2D eigenvalue weighted by molar-refractivity contribution is 0.251. The molecule has 4 heteroatoms. The van der Waals surface area contributed by atoms with Crippen molar-refractivity contribution in [3.63, 3.8) is 0 Å². The smallest absolute Gasteiger partial charge is 0.0538 e. The second-order valence-corrected chi connectivity index (χ2v) is 3.94. The predicted molar refractivity (Wildman–Crippen MR) is 55.8 cm³/mol. The maximum Gasteiger partial charge on any atom is 0.0538 e. The Bertz CT molecular complexity index is 288. The Morgan fingerprint density at radius 1 is 1.50 bits per heavy atom. The van der Waals surface area contributed by atoms with Gasteiger partial charge >= 0.3 is 0 Å². The minimum absolute atomic E-state index is 0.367. The van der Waals surface area contributed by atoms with Crippen molar-refractivity contribution in [1.82, 2.24) is 14.7 Å². The van der Waals surface area contributed by atoms with Crippen molar-refractivity contribution in [1.29, 1.82) is 0 Å². The zero-order valence-electron chi connectivity index (χ0n) is 8.69. The Morgan fingerprint density at radius 3 is 2.71 bits per heavy atom. The molecule has 14 heavy (non-hydrogen) atoms. The SMILES string of the molecule is Cn1cc(C(CN)N2CCCC2)cn1. The van der Waals surface area contributed by atoms with Crippen molar-refractivity contribution in [2.75, 3.05) is 19.6 Å². The lowest BCUT2D eigenvalue weighted by Crippen LogP contribution is -2.31. The second-order valence-electron chi connectivity index (χ2n) is 3.94. The molecule has 1 saturated heterocycles. The number of aryl methyl sites for hydroxylation is 1. The monoisotopic (exact) mass is 194 g/mol. The first kappa shape index (κ1) is 9.68. The summed E-state index contributed by atoms with van der Waals surface area (Å²) in [5.41, 5.74) is 7.06. The van der Waals surface area contributed by atoms with Crippen LogP contribution in [0.3, 0.4) is 0 Å². The Balaban J connectivity index is 2.12. The molecule has 1 fully saturated rings. The number of aromatic nitrogens is 2. The van der Waals surface area contributed by atoms with Crippen LogP contribution < -0.4 is 5.73 Å². The average Bonchev–Trinajstić information content (AvgIpc) is 2.79. The third kappa shape index (κ3) is 1.81. The van der Waals surface area contributed by atoms with E-state index in [-0.39, 0.29) is 0 Å². The third-order valence-corrected chi connectivity index (χ3v) is 2.91. The van der Waals surface area contributed by atoms with Crippen LogP contribution in [0, 0.1) is 0 Å². The lowest BCUT2D eigenvalue weighted by atomic mass is 10.1. The van der Waals surface area contributed by atoms with Crippen molar-refractivity contribution in [2.24, 2.45) is 12.8 Å². The first-order valence-corrected chi connectivity index (χ1v) is 5.24. The molecule has 1 aliphatic rings. The van der Waals surface area contributed by atoms with Gasteiger partial charge < -0.3 is 5.73 Å². The largest absolute Gasteiger partial charge is 0.329 e. The number of nitrogens with zero attached hydrogens (tertiary/aromatic N) is 3. The molecular formula is C10H18N4. The van der Waals surface area contributed by atoms with Crippen LogP contribution in [0.15, 0.2) is 12.4 Å². The minimum Gasteiger partial charge on any atom is -0.329 e. The van der Waals surface area contributed by atoms with Gasteiger partial charge in [-0.2, -0.15) is 5.10 Å². The van der Waals surface area contributed by atoms with Crippen LogP contribution in [0.4, 0.5) is 0 Å². The Morgan fingerprint density at radius 2 is 2.21 bits per heavy atom. The van der Waals surface area contributed by atoms with Crippen molar-refractivity contribution < 1.29 is 0 Å². The number of nitrogens with two attached hydrogens (primary N) is 1. The van der Waals surface area contributed by atoms with Gasteiger partial charge in [-0.05, 0) is 25.9 Å². The van der Waals surface area contributed by atoms with E-state index in [1.807, 2.05) is 17.9 Å². The van der Waals surface area contributed by atoms with Gasteiger partial charge in [0.2, 0.25) is 0 Å². The maximum atomic E-state index is 5.82. The van der Waals surface area contributed by atoms with Gasteiger partial charge in [-0.1, -0.05) is 0 Å². The summed E-state index contributed by atoms with van der Waals surface area (Å²) in [5, 5.41) is 4.19. The molecule has 0 radical (unpaired) electrons. The first-order valence-electron chi connectivity index (χ1n) is 5.24. The predicted octanol–water partition coefficient (Wildman–Crippen LogP) is 0.516. The van der Waals surface area contributed by atoms with E-state index in [2.05, 4.69) is 16.2 Å². The first-order chi connectivity index (χ1) is 6.81. The number of likely N-dealkylation sites (tertiary alicyclic amines) is 1. The molecule has 0 amide bonds. The number of hydrogen-bond donors (Lipinski definition) is 1. The van der Waals surface area contributed by atoms with Crippen LogP contribution in [0.1, 0.15) is 24.4 Å². The van der Waals surface area contributed by atoms with Crippen LogP contribution in [0.5, 0.6) is 0 Å². The topological polar surface area (TPSA) is 47.1 Å². The van der Waals surface area contributed by atoms with E-state index < -0.39 is 0 Å². The molecule has 2 heterocycles. The summed E-state index contributed by atoms with van der Waals surface area (Å²) in [7, 11) is 1.95. The van der Waals surface area contributed by atoms with E-state index >= 15 is 0 Å². The molecule has 1 aromatic rings. The number of hydrogen-bond acceptors (Lipinski definition) is 3. The fourth-order valence-corrected chi connectivity index (χ4v) is 2.16. The molecular weight excluding hydrogens is 176 g/mol. The summed E-state index contributed by atoms with van der Waals surface area (Å²) in [5.74, 6) is 0. The Kier molecular flexibility index (Phi) is 2.84. The molecule has 2 N–H and O–H groups in total. The highest BCUT2D eigenvalue weighted by Crippen LogP contribution is 2.23. The highest BCUT2D eigenvalue weighted by molar-refractivity contribution is 5.11. The van der Waals surface area contributed by atoms with Gasteiger partial charge in [-0.3, -0.25) is 9.58 Å². The molecule has 0 bridgehead atoms. The summed E-state index contributed by atoms with van der Waals surface area (Å²) in [6.45, 7) is 3.04. The molecule has 0 spiro atoms. The summed E-state index contributed by atoms with van der Waals surface area (Å²) in [4.78, 5) is 2.46. The van der Waals surface area contributed by atoms with Crippen LogP contribution in [0.2, 0.25) is 0 Å². The zero-order valence-corrected chi connectivity index (χ0v) is 8.69. The van der Waals surface area contributed by atoms with Gasteiger partial charge in [0.25, 0.3) is 0 Å². The molecule has 0 saturated carbocycles. The quantitative estimate of drug-likeness (QED) is 0.763. The molecule has 4 nitrogen and oxygen atoms in total. The highest BCUT2D eigenvalue weighted by atomic mass is 15.3. The normalized spacial score (nSPS) is 20.1. The second kappa shape index (κ2) is 4.11. The summed E-state index contributed by atoms with van der Waals surface area (Å²) in [6.07, 6.45) is 6.60. The van der Waals surface area contributed by atoms with Gasteiger partial charge in [0.15, 0.2) is 0 Å². The molecule has 0 aromatic carbocycles. The molecule has 1 aliphatic heterocycles. The van der Waals surface area contributed by atoms with Gasteiger partial charge in [-0.15, -0.1) is 0 Å². The van der Waals surface area contributed by atoms with Crippen molar-refractivity contribution >= 4 is 0 Å². The molecule has 78 valence electrons. The van der Waals surface area contributed by atoms with E-state index in [0.29, 0.717) is 12.6 Å². The van der Waals surface area contributed by atoms with E-state index in [0.717, 1.165) is 0 Å². The maximum absolute atomic E-state index is 5.82. The fourth-order valence-electron chi connectivity index (χ4n) is 2.16. The zero-order chi connectivity index (χ0) is 9.97. The lowest BCUT2D eigenvalue weighted by Gasteiger charge is -2.24. The van der Waals surface area contributed by atoms with Gasteiger partial charge in [0, 0.05) is 25.4 Å². The third-order valence-electron chi connectivity index (χ3n) is 2.91. The van der Waals surface area contributed by atoms with E-state index in [4.69, 9.17) is 5.73 Å². The van der Waals surface area contributed by atoms with Gasteiger partial charge in [-0.25, -0.2) is 0 Å². The average molecular weight is 194 g/mol. The highest BCUT2D eigenvalue weighted by Gasteiger charge is 2.22. The van der Waals surface area contributed by atoms with E-state index in [1.165, 1.54) is 31.5 Å². The van der Waals surface area contributed by atoms with Crippen molar-refractivity contribution in [3.8, 4) is 0 Å². The fraction of sp³-hybridized carbons (Fsp3) is 0.700. The molecule has 2 rings (SSSR count). The standard InChI is InChI=1S/C10H18N4/c1-13-8-9(7-12-13)10(6-11)14-4-2-3-5-14/h7-8,10H,2-6,11H2,1H3. The van der Waals surface area contributed by atoms with Crippen LogP contribution in [-0.4, -0.2) is 34.3 Å². The van der Waals surface area contributed by atoms with Crippen LogP contribution in [-0.2, 0) is 7.05 Å². The number of rotatable bonds is 3. The van der Waals surface area contributed by atoms with E-state index in [1.54, 1.807) is 0 Å². The van der Waals surface area contributed by atoms with Gasteiger partial charge in [0.1, 0.15) is 0 Å². The summed E-state index contributed by atoms with van der Waals surface area (Å²) >= 11 is 0. The van der Waals surface area contributed by atoms with Crippen LogP contribution in [0.25, 0.3) is 0 Å². The summed E-state index contributed by atoms with van der Waals surface area (Å²) in [6, 6.07) is 0.367. The molecule has 1 atom stereocenters.